The first-order valence-corrected chi connectivity index (χ1v) is 8.06. The molecule has 3 rings (SSSR count). The van der Waals surface area contributed by atoms with E-state index in [1.54, 1.807) is 0 Å². The molecular formula is C17H27Cl2N3O. The Labute approximate surface area is 151 Å². The largest absolute Gasteiger partial charge is 0.338 e. The van der Waals surface area contributed by atoms with Crippen molar-refractivity contribution in [3.63, 3.8) is 0 Å². The number of piperidine rings is 1. The lowest BCUT2D eigenvalue weighted by Gasteiger charge is -2.44. The summed E-state index contributed by atoms with van der Waals surface area (Å²) in [6.07, 6.45) is 4.44. The summed E-state index contributed by atoms with van der Waals surface area (Å²) >= 11 is 0. The lowest BCUT2D eigenvalue weighted by molar-refractivity contribution is -0.136. The van der Waals surface area contributed by atoms with Gasteiger partial charge in [-0.1, -0.05) is 36.8 Å². The first-order valence-electron chi connectivity index (χ1n) is 8.06. The molecule has 23 heavy (non-hydrogen) atoms. The second-order valence-electron chi connectivity index (χ2n) is 6.27. The van der Waals surface area contributed by atoms with Gasteiger partial charge < -0.3 is 10.6 Å². The summed E-state index contributed by atoms with van der Waals surface area (Å²) in [7, 11) is 0. The average Bonchev–Trinajstić information content (AvgIpc) is 2.54. The number of carbonyl (C=O) groups excluding carboxylic acids is 1. The zero-order valence-corrected chi connectivity index (χ0v) is 15.0. The van der Waals surface area contributed by atoms with Crippen LogP contribution < -0.4 is 5.73 Å². The van der Waals surface area contributed by atoms with Crippen LogP contribution in [-0.2, 0) is 11.2 Å². The molecule has 2 aliphatic heterocycles. The van der Waals surface area contributed by atoms with E-state index in [1.807, 2.05) is 35.2 Å². The Balaban J connectivity index is 0.00000132. The van der Waals surface area contributed by atoms with Gasteiger partial charge in [-0.05, 0) is 31.4 Å². The molecular weight excluding hydrogens is 333 g/mol. The molecule has 0 bridgehead atoms. The summed E-state index contributed by atoms with van der Waals surface area (Å²) < 4.78 is 0. The first kappa shape index (κ1) is 20.2. The van der Waals surface area contributed by atoms with Crippen LogP contribution in [0.3, 0.4) is 0 Å². The summed E-state index contributed by atoms with van der Waals surface area (Å²) in [6, 6.07) is 10.2. The van der Waals surface area contributed by atoms with Crippen LogP contribution in [0, 0.1) is 0 Å². The van der Waals surface area contributed by atoms with Gasteiger partial charge in [0.2, 0.25) is 5.91 Å². The summed E-state index contributed by atoms with van der Waals surface area (Å²) in [6.45, 7) is 3.90. The van der Waals surface area contributed by atoms with Gasteiger partial charge in [0, 0.05) is 25.7 Å². The molecule has 2 fully saturated rings. The van der Waals surface area contributed by atoms with Crippen molar-refractivity contribution in [2.24, 2.45) is 5.73 Å². The molecule has 0 saturated carbocycles. The molecule has 1 amide bonds. The molecule has 130 valence electrons. The number of amides is 1. The van der Waals surface area contributed by atoms with E-state index in [9.17, 15) is 4.79 Å². The third-order valence-electron chi connectivity index (χ3n) is 4.76. The highest BCUT2D eigenvalue weighted by Crippen LogP contribution is 2.21. The predicted octanol–water partition coefficient (Wildman–Crippen LogP) is 2.10. The average molecular weight is 360 g/mol. The summed E-state index contributed by atoms with van der Waals surface area (Å²) in [4.78, 5) is 17.1. The Morgan fingerprint density at radius 3 is 2.61 bits per heavy atom. The van der Waals surface area contributed by atoms with Gasteiger partial charge in [-0.3, -0.25) is 9.69 Å². The van der Waals surface area contributed by atoms with Gasteiger partial charge >= 0.3 is 0 Å². The minimum absolute atomic E-state index is 0. The molecule has 0 aliphatic carbocycles. The highest BCUT2D eigenvalue weighted by Gasteiger charge is 2.32. The number of carbonyl (C=O) groups is 1. The Morgan fingerprint density at radius 1 is 1.13 bits per heavy atom. The van der Waals surface area contributed by atoms with E-state index in [0.29, 0.717) is 12.5 Å². The number of benzene rings is 1. The van der Waals surface area contributed by atoms with E-state index in [4.69, 9.17) is 5.73 Å². The van der Waals surface area contributed by atoms with E-state index in [-0.39, 0.29) is 30.7 Å². The molecule has 4 nitrogen and oxygen atoms in total. The van der Waals surface area contributed by atoms with Crippen molar-refractivity contribution < 1.29 is 4.79 Å². The third-order valence-corrected chi connectivity index (χ3v) is 4.76. The molecule has 2 aliphatic rings. The molecule has 2 heterocycles. The van der Waals surface area contributed by atoms with Crippen molar-refractivity contribution in [3.05, 3.63) is 35.9 Å². The lowest BCUT2D eigenvalue weighted by Crippen LogP contribution is -2.58. The number of halogens is 2. The van der Waals surface area contributed by atoms with E-state index in [1.165, 1.54) is 25.8 Å². The summed E-state index contributed by atoms with van der Waals surface area (Å²) in [5.74, 6) is 0.115. The van der Waals surface area contributed by atoms with Crippen molar-refractivity contribution in [1.29, 1.82) is 0 Å². The maximum atomic E-state index is 12.6. The molecule has 0 radical (unpaired) electrons. The van der Waals surface area contributed by atoms with Gasteiger partial charge in [0.1, 0.15) is 0 Å². The number of hydrogen-bond acceptors (Lipinski definition) is 3. The van der Waals surface area contributed by atoms with Crippen LogP contribution in [0.1, 0.15) is 24.8 Å². The second-order valence-corrected chi connectivity index (χ2v) is 6.27. The van der Waals surface area contributed by atoms with E-state index in [0.717, 1.165) is 25.2 Å². The Hall–Kier alpha value is -0.810. The highest BCUT2D eigenvalue weighted by molar-refractivity contribution is 5.85. The molecule has 0 spiro atoms. The quantitative estimate of drug-likeness (QED) is 0.898. The van der Waals surface area contributed by atoms with Crippen molar-refractivity contribution >= 4 is 30.7 Å². The van der Waals surface area contributed by atoms with Gasteiger partial charge in [-0.15, -0.1) is 24.8 Å². The number of hydrogen-bond donors (Lipinski definition) is 1. The Bertz CT molecular complexity index is 486. The van der Waals surface area contributed by atoms with Crippen LogP contribution in [0.2, 0.25) is 0 Å². The van der Waals surface area contributed by atoms with Crippen molar-refractivity contribution in [3.8, 4) is 0 Å². The monoisotopic (exact) mass is 359 g/mol. The molecule has 1 aromatic rings. The topological polar surface area (TPSA) is 49.6 Å². The second kappa shape index (κ2) is 9.48. The van der Waals surface area contributed by atoms with E-state index < -0.39 is 6.04 Å². The molecule has 0 aromatic heterocycles. The summed E-state index contributed by atoms with van der Waals surface area (Å²) in [5.41, 5.74) is 7.28. The minimum atomic E-state index is -0.414. The number of piperazine rings is 1. The SMILES string of the molecule is Cl.Cl.NC(Cc1ccccc1)C(=O)N1CCN2CCCCC2C1. The maximum Gasteiger partial charge on any atom is 0.239 e. The lowest BCUT2D eigenvalue weighted by atomic mass is 9.98. The van der Waals surface area contributed by atoms with Crippen molar-refractivity contribution in [2.75, 3.05) is 26.2 Å². The number of nitrogens with zero attached hydrogens (tertiary/aromatic N) is 2. The van der Waals surface area contributed by atoms with E-state index in [2.05, 4.69) is 4.90 Å². The molecule has 1 aromatic carbocycles. The molecule has 2 unspecified atom stereocenters. The number of rotatable bonds is 3. The van der Waals surface area contributed by atoms with E-state index >= 15 is 0 Å². The zero-order chi connectivity index (χ0) is 14.7. The van der Waals surface area contributed by atoms with Gasteiger partial charge in [-0.25, -0.2) is 0 Å². The van der Waals surface area contributed by atoms with Crippen LogP contribution in [-0.4, -0.2) is 54.0 Å². The fraction of sp³-hybridized carbons (Fsp3) is 0.588. The van der Waals surface area contributed by atoms with Crippen LogP contribution in [0.15, 0.2) is 30.3 Å². The molecule has 2 atom stereocenters. The summed E-state index contributed by atoms with van der Waals surface area (Å²) in [5, 5.41) is 0. The first-order chi connectivity index (χ1) is 10.2. The smallest absolute Gasteiger partial charge is 0.239 e. The number of nitrogens with two attached hydrogens (primary N) is 1. The van der Waals surface area contributed by atoms with Crippen molar-refractivity contribution in [2.45, 2.75) is 37.8 Å². The third kappa shape index (κ3) is 5.08. The molecule has 2 N–H and O–H groups in total. The fourth-order valence-electron chi connectivity index (χ4n) is 3.55. The standard InChI is InChI=1S/C17H25N3O.2ClH/c18-16(12-14-6-2-1-3-7-14)17(21)20-11-10-19-9-5-4-8-15(19)13-20;;/h1-3,6-7,15-16H,4-5,8-13,18H2;2*1H. The predicted molar refractivity (Wildman–Crippen MR) is 98.4 cm³/mol. The van der Waals surface area contributed by atoms with Gasteiger partial charge in [0.25, 0.3) is 0 Å². The van der Waals surface area contributed by atoms with Crippen LogP contribution >= 0.6 is 24.8 Å². The van der Waals surface area contributed by atoms with Gasteiger partial charge in [0.05, 0.1) is 6.04 Å². The highest BCUT2D eigenvalue weighted by atomic mass is 35.5. The maximum absolute atomic E-state index is 12.6. The molecule has 2 saturated heterocycles. The minimum Gasteiger partial charge on any atom is -0.338 e. The van der Waals surface area contributed by atoms with Gasteiger partial charge in [0.15, 0.2) is 0 Å². The number of fused-ring (bicyclic) bond motifs is 1. The Morgan fingerprint density at radius 2 is 1.87 bits per heavy atom. The fourth-order valence-corrected chi connectivity index (χ4v) is 3.55. The van der Waals surface area contributed by atoms with Crippen LogP contribution in [0.4, 0.5) is 0 Å². The Kier molecular flexibility index (Phi) is 8.34. The zero-order valence-electron chi connectivity index (χ0n) is 13.4. The van der Waals surface area contributed by atoms with Crippen LogP contribution in [0.25, 0.3) is 0 Å². The van der Waals surface area contributed by atoms with Crippen molar-refractivity contribution in [1.82, 2.24) is 9.80 Å². The van der Waals surface area contributed by atoms with Gasteiger partial charge in [-0.2, -0.15) is 0 Å². The normalized spacial score (nSPS) is 22.3. The molecule has 6 heteroatoms. The van der Waals surface area contributed by atoms with Crippen LogP contribution in [0.5, 0.6) is 0 Å².